The normalized spacial score (nSPS) is 17.9. The van der Waals surface area contributed by atoms with Gasteiger partial charge in [0.05, 0.1) is 12.1 Å². The third-order valence-electron chi connectivity index (χ3n) is 4.69. The fraction of sp³-hybridized carbons (Fsp3) is 0.333. The van der Waals surface area contributed by atoms with Crippen molar-refractivity contribution in [1.82, 2.24) is 10.6 Å². The summed E-state index contributed by atoms with van der Waals surface area (Å²) in [5, 5.41) is 24.8. The van der Waals surface area contributed by atoms with E-state index in [-0.39, 0.29) is 17.7 Å². The maximum atomic E-state index is 12.3. The maximum Gasteiger partial charge on any atom is 0.238 e. The van der Waals surface area contributed by atoms with Crippen molar-refractivity contribution in [3.05, 3.63) is 54.1 Å². The lowest BCUT2D eigenvalue weighted by molar-refractivity contribution is -0.124. The van der Waals surface area contributed by atoms with Gasteiger partial charge in [-0.25, -0.2) is 0 Å². The van der Waals surface area contributed by atoms with E-state index in [0.29, 0.717) is 6.42 Å². The van der Waals surface area contributed by atoms with Gasteiger partial charge in [-0.15, -0.1) is 0 Å². The zero-order valence-electron chi connectivity index (χ0n) is 14.6. The molecule has 0 spiro atoms. The smallest absolute Gasteiger partial charge is 0.238 e. The summed E-state index contributed by atoms with van der Waals surface area (Å²) in [7, 11) is 0. The summed E-state index contributed by atoms with van der Waals surface area (Å²) in [6, 6.07) is 16.4. The van der Waals surface area contributed by atoms with E-state index in [1.54, 1.807) is 12.1 Å². The number of hydrogen-bond donors (Lipinski definition) is 3. The first-order chi connectivity index (χ1) is 12.7. The van der Waals surface area contributed by atoms with Crippen LogP contribution in [0, 0.1) is 11.3 Å². The van der Waals surface area contributed by atoms with Crippen molar-refractivity contribution in [2.45, 2.75) is 37.8 Å². The van der Waals surface area contributed by atoms with E-state index in [1.807, 2.05) is 36.4 Å². The number of amides is 1. The Hall–Kier alpha value is -2.84. The molecule has 0 aliphatic carbocycles. The molecule has 5 heteroatoms. The second-order valence-electron chi connectivity index (χ2n) is 6.64. The summed E-state index contributed by atoms with van der Waals surface area (Å²) in [4.78, 5) is 12.3. The number of nitrogens with zero attached hydrogens (tertiary/aromatic N) is 1. The molecule has 134 valence electrons. The quantitative estimate of drug-likeness (QED) is 0.775. The zero-order valence-corrected chi connectivity index (χ0v) is 14.6. The molecule has 2 aromatic carbocycles. The molecule has 1 aliphatic rings. The molecule has 1 heterocycles. The average Bonchev–Trinajstić information content (AvgIpc) is 2.69. The highest BCUT2D eigenvalue weighted by Gasteiger charge is 2.22. The minimum Gasteiger partial charge on any atom is -0.508 e. The van der Waals surface area contributed by atoms with Crippen LogP contribution in [0.2, 0.25) is 0 Å². The van der Waals surface area contributed by atoms with Gasteiger partial charge in [-0.05, 0) is 48.2 Å². The largest absolute Gasteiger partial charge is 0.508 e. The van der Waals surface area contributed by atoms with E-state index in [4.69, 9.17) is 0 Å². The first kappa shape index (κ1) is 18.0. The van der Waals surface area contributed by atoms with Gasteiger partial charge in [-0.3, -0.25) is 4.79 Å². The van der Waals surface area contributed by atoms with Gasteiger partial charge in [0.25, 0.3) is 0 Å². The van der Waals surface area contributed by atoms with E-state index in [0.717, 1.165) is 42.5 Å². The van der Waals surface area contributed by atoms with Gasteiger partial charge in [0.2, 0.25) is 5.91 Å². The van der Waals surface area contributed by atoms with Crippen LogP contribution < -0.4 is 10.6 Å². The van der Waals surface area contributed by atoms with Crippen molar-refractivity contribution in [2.24, 2.45) is 0 Å². The first-order valence-electron chi connectivity index (χ1n) is 8.97. The molecule has 0 radical (unpaired) electrons. The summed E-state index contributed by atoms with van der Waals surface area (Å²) in [5.74, 6) is 0.155. The Balaban J connectivity index is 1.60. The van der Waals surface area contributed by atoms with Crippen molar-refractivity contribution >= 4 is 5.91 Å². The Morgan fingerprint density at radius 3 is 2.38 bits per heavy atom. The van der Waals surface area contributed by atoms with Gasteiger partial charge < -0.3 is 15.7 Å². The van der Waals surface area contributed by atoms with Crippen LogP contribution in [0.3, 0.4) is 0 Å². The molecule has 5 nitrogen and oxygen atoms in total. The lowest BCUT2D eigenvalue weighted by Crippen LogP contribution is -2.49. The van der Waals surface area contributed by atoms with Gasteiger partial charge in [0.1, 0.15) is 11.8 Å². The molecule has 3 N–H and O–H groups in total. The molecule has 3 rings (SSSR count). The van der Waals surface area contributed by atoms with Gasteiger partial charge in [0.15, 0.2) is 0 Å². The monoisotopic (exact) mass is 349 g/mol. The van der Waals surface area contributed by atoms with Crippen LogP contribution in [-0.2, 0) is 11.2 Å². The standard InChI is InChI=1S/C21H23N3O2/c22-14-18(24-21(26)20-3-1-2-12-23-20)13-15-4-6-16(7-5-15)17-8-10-19(25)11-9-17/h4-11,18,20,23,25H,1-3,12-13H2,(H,24,26)/t18-,20?/m0/s1. The number of piperidine rings is 1. The summed E-state index contributed by atoms with van der Waals surface area (Å²) in [6.45, 7) is 0.855. The third kappa shape index (κ3) is 4.62. The summed E-state index contributed by atoms with van der Waals surface area (Å²) >= 11 is 0. The van der Waals surface area contributed by atoms with Crippen molar-refractivity contribution in [2.75, 3.05) is 6.54 Å². The molecule has 1 saturated heterocycles. The number of benzene rings is 2. The molecule has 0 bridgehead atoms. The number of aromatic hydroxyl groups is 1. The molecule has 1 amide bonds. The number of nitriles is 1. The topological polar surface area (TPSA) is 85.2 Å². The highest BCUT2D eigenvalue weighted by molar-refractivity contribution is 5.82. The van der Waals surface area contributed by atoms with Crippen molar-refractivity contribution in [3.63, 3.8) is 0 Å². The van der Waals surface area contributed by atoms with Crippen LogP contribution in [0.1, 0.15) is 24.8 Å². The molecule has 1 fully saturated rings. The lowest BCUT2D eigenvalue weighted by atomic mass is 10.00. The van der Waals surface area contributed by atoms with Crippen LogP contribution in [0.25, 0.3) is 11.1 Å². The lowest BCUT2D eigenvalue weighted by Gasteiger charge is -2.23. The highest BCUT2D eigenvalue weighted by Crippen LogP contribution is 2.22. The second kappa shape index (κ2) is 8.50. The van der Waals surface area contributed by atoms with Crippen molar-refractivity contribution in [3.8, 4) is 22.9 Å². The predicted molar refractivity (Wildman–Crippen MR) is 100 cm³/mol. The van der Waals surface area contributed by atoms with Gasteiger partial charge >= 0.3 is 0 Å². The number of carbonyl (C=O) groups excluding carboxylic acids is 1. The van der Waals surface area contributed by atoms with Crippen LogP contribution in [0.5, 0.6) is 5.75 Å². The van der Waals surface area contributed by atoms with Crippen LogP contribution in [-0.4, -0.2) is 29.6 Å². The highest BCUT2D eigenvalue weighted by atomic mass is 16.3. The molecule has 2 aromatic rings. The van der Waals surface area contributed by atoms with Gasteiger partial charge in [-0.1, -0.05) is 42.8 Å². The minimum atomic E-state index is -0.536. The molecule has 0 saturated carbocycles. The fourth-order valence-corrected chi connectivity index (χ4v) is 3.20. The number of phenols is 1. The molecule has 0 aromatic heterocycles. The number of rotatable bonds is 5. The van der Waals surface area contributed by atoms with E-state index < -0.39 is 6.04 Å². The fourth-order valence-electron chi connectivity index (χ4n) is 3.20. The van der Waals surface area contributed by atoms with E-state index in [1.165, 1.54) is 0 Å². The Morgan fingerprint density at radius 1 is 1.15 bits per heavy atom. The molecular weight excluding hydrogens is 326 g/mol. The summed E-state index contributed by atoms with van der Waals surface area (Å²) < 4.78 is 0. The number of nitrogens with one attached hydrogen (secondary N) is 2. The summed E-state index contributed by atoms with van der Waals surface area (Å²) in [5.41, 5.74) is 3.05. The SMILES string of the molecule is N#C[C@H](Cc1ccc(-c2ccc(O)cc2)cc1)NC(=O)C1CCCCN1. The van der Waals surface area contributed by atoms with E-state index in [9.17, 15) is 15.2 Å². The molecule has 2 atom stereocenters. The van der Waals surface area contributed by atoms with Crippen LogP contribution in [0.4, 0.5) is 0 Å². The maximum absolute atomic E-state index is 12.3. The Morgan fingerprint density at radius 2 is 1.81 bits per heavy atom. The Kier molecular flexibility index (Phi) is 5.88. The number of hydrogen-bond acceptors (Lipinski definition) is 4. The van der Waals surface area contributed by atoms with E-state index in [2.05, 4.69) is 16.7 Å². The van der Waals surface area contributed by atoms with Crippen molar-refractivity contribution in [1.29, 1.82) is 5.26 Å². The van der Waals surface area contributed by atoms with Crippen LogP contribution in [0.15, 0.2) is 48.5 Å². The Bertz CT molecular complexity index is 772. The second-order valence-corrected chi connectivity index (χ2v) is 6.64. The molecular formula is C21H23N3O2. The molecule has 1 unspecified atom stereocenters. The third-order valence-corrected chi connectivity index (χ3v) is 4.69. The first-order valence-corrected chi connectivity index (χ1v) is 8.97. The summed E-state index contributed by atoms with van der Waals surface area (Å²) in [6.07, 6.45) is 3.44. The average molecular weight is 349 g/mol. The van der Waals surface area contributed by atoms with Crippen LogP contribution >= 0.6 is 0 Å². The van der Waals surface area contributed by atoms with Crippen molar-refractivity contribution < 1.29 is 9.90 Å². The van der Waals surface area contributed by atoms with Gasteiger partial charge in [0, 0.05) is 6.42 Å². The number of carbonyl (C=O) groups is 1. The number of phenolic OH excluding ortho intramolecular Hbond substituents is 1. The molecule has 26 heavy (non-hydrogen) atoms. The van der Waals surface area contributed by atoms with E-state index >= 15 is 0 Å². The minimum absolute atomic E-state index is 0.0861. The van der Waals surface area contributed by atoms with Gasteiger partial charge in [-0.2, -0.15) is 5.26 Å². The zero-order chi connectivity index (χ0) is 18.4. The predicted octanol–water partition coefficient (Wildman–Crippen LogP) is 2.75. The molecule has 1 aliphatic heterocycles. The Labute approximate surface area is 153 Å².